The average Bonchev–Trinajstić information content (AvgIpc) is 3.40. The Morgan fingerprint density at radius 3 is 2.42 bits per heavy atom. The number of benzene rings is 3. The zero-order chi connectivity index (χ0) is 27.1. The van der Waals surface area contributed by atoms with Crippen molar-refractivity contribution in [2.24, 2.45) is 0 Å². The third-order valence-corrected chi connectivity index (χ3v) is 8.69. The molecule has 0 aliphatic rings. The molecule has 38 heavy (non-hydrogen) atoms. The van der Waals surface area contributed by atoms with E-state index in [0.717, 1.165) is 11.3 Å². The van der Waals surface area contributed by atoms with Gasteiger partial charge in [-0.1, -0.05) is 41.4 Å². The number of amides is 2. The molecule has 2 amide bonds. The van der Waals surface area contributed by atoms with Gasteiger partial charge < -0.3 is 20.1 Å². The Labute approximate surface area is 234 Å². The van der Waals surface area contributed by atoms with Crippen LogP contribution in [0.5, 0.6) is 17.2 Å². The molecule has 1 aromatic heterocycles. The van der Waals surface area contributed by atoms with E-state index in [0.29, 0.717) is 44.1 Å². The van der Waals surface area contributed by atoms with Crippen molar-refractivity contribution in [1.82, 2.24) is 10.0 Å². The summed E-state index contributed by atoms with van der Waals surface area (Å²) in [5, 5.41) is 7.79. The van der Waals surface area contributed by atoms with Crippen LogP contribution in [-0.4, -0.2) is 34.6 Å². The molecule has 8 nitrogen and oxygen atoms in total. The van der Waals surface area contributed by atoms with Gasteiger partial charge >= 0.3 is 6.03 Å². The number of rotatable bonds is 10. The maximum atomic E-state index is 13.1. The molecule has 198 valence electrons. The lowest BCUT2D eigenvalue weighted by atomic mass is 10.1. The number of para-hydroxylation sites is 1. The molecule has 4 aromatic rings. The summed E-state index contributed by atoms with van der Waals surface area (Å²) in [5.41, 5.74) is 1.64. The van der Waals surface area contributed by atoms with Gasteiger partial charge in [-0.3, -0.25) is 0 Å². The van der Waals surface area contributed by atoms with Crippen LogP contribution >= 0.6 is 34.5 Å². The Morgan fingerprint density at radius 2 is 1.68 bits per heavy atom. The summed E-state index contributed by atoms with van der Waals surface area (Å²) in [4.78, 5) is 12.1. The number of hydrogen-bond acceptors (Lipinski definition) is 6. The van der Waals surface area contributed by atoms with E-state index < -0.39 is 16.1 Å². The van der Waals surface area contributed by atoms with E-state index in [1.807, 2.05) is 0 Å². The minimum atomic E-state index is -3.88. The molecule has 1 heterocycles. The molecule has 0 atom stereocenters. The molecule has 0 bridgehead atoms. The van der Waals surface area contributed by atoms with Crippen LogP contribution in [0, 0.1) is 0 Å². The molecule has 0 aliphatic heterocycles. The van der Waals surface area contributed by atoms with E-state index in [9.17, 15) is 13.2 Å². The number of nitrogens with one attached hydrogen (secondary N) is 3. The molecule has 0 saturated carbocycles. The van der Waals surface area contributed by atoms with Crippen LogP contribution in [0.2, 0.25) is 10.0 Å². The van der Waals surface area contributed by atoms with Gasteiger partial charge in [-0.15, -0.1) is 11.3 Å². The third-order valence-electron chi connectivity index (χ3n) is 5.22. The van der Waals surface area contributed by atoms with E-state index in [1.165, 1.54) is 0 Å². The highest BCUT2D eigenvalue weighted by atomic mass is 35.5. The molecule has 12 heteroatoms. The average molecular weight is 593 g/mol. The standard InChI is InChI=1S/C26H23Cl2N3O5S2/c1-35-19-9-7-18(8-10-19)31-26(32)29-13-14-30-38(33,34)25-21(12-15-37-25)20-4-2-3-5-23(20)36-24-11-6-17(27)16-22(24)28/h2-12,15-16,30H,13-14H2,1H3,(H2,29,31,32). The quantitative estimate of drug-likeness (QED) is 0.180. The Balaban J connectivity index is 1.40. The lowest BCUT2D eigenvalue weighted by Crippen LogP contribution is -2.36. The smallest absolute Gasteiger partial charge is 0.319 e. The number of anilines is 1. The highest BCUT2D eigenvalue weighted by molar-refractivity contribution is 7.91. The number of hydrogen-bond donors (Lipinski definition) is 3. The highest BCUT2D eigenvalue weighted by Gasteiger charge is 2.23. The molecule has 0 fully saturated rings. The first-order valence-electron chi connectivity index (χ1n) is 11.2. The largest absolute Gasteiger partial charge is 0.497 e. The second kappa shape index (κ2) is 12.5. The van der Waals surface area contributed by atoms with Gasteiger partial charge in [-0.05, 0) is 60.0 Å². The van der Waals surface area contributed by atoms with Crippen molar-refractivity contribution in [3.8, 4) is 28.4 Å². The molecule has 0 unspecified atom stereocenters. The van der Waals surface area contributed by atoms with Gasteiger partial charge in [0.15, 0.2) is 0 Å². The SMILES string of the molecule is COc1ccc(NC(=O)NCCNS(=O)(=O)c2sccc2-c2ccccc2Oc2ccc(Cl)cc2Cl)cc1. The van der Waals surface area contributed by atoms with Gasteiger partial charge in [0.2, 0.25) is 0 Å². The molecule has 0 spiro atoms. The zero-order valence-corrected chi connectivity index (χ0v) is 23.2. The van der Waals surface area contributed by atoms with E-state index >= 15 is 0 Å². The molecule has 3 N–H and O–H groups in total. The molecular formula is C26H23Cl2N3O5S2. The number of sulfonamides is 1. The number of methoxy groups -OCH3 is 1. The molecular weight excluding hydrogens is 569 g/mol. The third kappa shape index (κ3) is 6.97. The summed E-state index contributed by atoms with van der Waals surface area (Å²) >= 11 is 13.3. The fraction of sp³-hybridized carbons (Fsp3) is 0.115. The molecule has 4 rings (SSSR count). The van der Waals surface area contributed by atoms with Gasteiger partial charge in [0, 0.05) is 34.9 Å². The fourth-order valence-corrected chi connectivity index (χ4v) is 6.33. The van der Waals surface area contributed by atoms with Gasteiger partial charge in [0.25, 0.3) is 10.0 Å². The molecule has 3 aromatic carbocycles. The topological polar surface area (TPSA) is 106 Å². The Bertz CT molecular complexity index is 1530. The maximum Gasteiger partial charge on any atom is 0.319 e. The van der Waals surface area contributed by atoms with E-state index in [2.05, 4.69) is 15.4 Å². The predicted molar refractivity (Wildman–Crippen MR) is 151 cm³/mol. The number of ether oxygens (including phenoxy) is 2. The molecule has 0 radical (unpaired) electrons. The minimum absolute atomic E-state index is 0.00572. The number of carbonyl (C=O) groups is 1. The second-order valence-electron chi connectivity index (χ2n) is 7.80. The second-order valence-corrected chi connectivity index (χ2v) is 11.5. The van der Waals surface area contributed by atoms with E-state index in [1.54, 1.807) is 85.3 Å². The van der Waals surface area contributed by atoms with Gasteiger partial charge in [-0.25, -0.2) is 17.9 Å². The van der Waals surface area contributed by atoms with Crippen LogP contribution in [0.25, 0.3) is 11.1 Å². The molecule has 0 aliphatic carbocycles. The van der Waals surface area contributed by atoms with Gasteiger partial charge in [-0.2, -0.15) is 0 Å². The Morgan fingerprint density at radius 1 is 0.921 bits per heavy atom. The Hall–Kier alpha value is -3.28. The van der Waals surface area contributed by atoms with Crippen molar-refractivity contribution in [3.05, 3.63) is 88.2 Å². The van der Waals surface area contributed by atoms with E-state index in [-0.39, 0.29) is 17.3 Å². The summed E-state index contributed by atoms with van der Waals surface area (Å²) in [6, 6.07) is 20.0. The lowest BCUT2D eigenvalue weighted by molar-refractivity contribution is 0.252. The van der Waals surface area contributed by atoms with Crippen LogP contribution in [-0.2, 0) is 10.0 Å². The zero-order valence-electron chi connectivity index (χ0n) is 20.0. The summed E-state index contributed by atoms with van der Waals surface area (Å²) < 4.78 is 40.0. The summed E-state index contributed by atoms with van der Waals surface area (Å²) in [6.07, 6.45) is 0. The van der Waals surface area contributed by atoms with Crippen LogP contribution in [0.15, 0.2) is 82.4 Å². The summed E-state index contributed by atoms with van der Waals surface area (Å²) in [7, 11) is -2.32. The number of halogens is 2. The van der Waals surface area contributed by atoms with Crippen molar-refractivity contribution in [2.45, 2.75) is 4.21 Å². The van der Waals surface area contributed by atoms with Crippen LogP contribution in [0.1, 0.15) is 0 Å². The van der Waals surface area contributed by atoms with Crippen molar-refractivity contribution < 1.29 is 22.7 Å². The summed E-state index contributed by atoms with van der Waals surface area (Å²) in [5.74, 6) is 1.49. The number of thiophene rings is 1. The summed E-state index contributed by atoms with van der Waals surface area (Å²) in [6.45, 7) is 0.0743. The number of carbonyl (C=O) groups excluding carboxylic acids is 1. The predicted octanol–water partition coefficient (Wildman–Crippen LogP) is 6.62. The van der Waals surface area contributed by atoms with Crippen LogP contribution in [0.3, 0.4) is 0 Å². The van der Waals surface area contributed by atoms with Gasteiger partial charge in [0.05, 0.1) is 12.1 Å². The Kier molecular flexibility index (Phi) is 9.13. The van der Waals surface area contributed by atoms with E-state index in [4.69, 9.17) is 32.7 Å². The normalized spacial score (nSPS) is 11.1. The van der Waals surface area contributed by atoms with Crippen molar-refractivity contribution in [2.75, 3.05) is 25.5 Å². The molecule has 0 saturated heterocycles. The van der Waals surface area contributed by atoms with Crippen molar-refractivity contribution in [1.29, 1.82) is 0 Å². The maximum absolute atomic E-state index is 13.1. The minimum Gasteiger partial charge on any atom is -0.497 e. The first-order chi connectivity index (χ1) is 18.3. The van der Waals surface area contributed by atoms with Crippen molar-refractivity contribution >= 4 is 56.3 Å². The van der Waals surface area contributed by atoms with Gasteiger partial charge in [0.1, 0.15) is 21.5 Å². The monoisotopic (exact) mass is 591 g/mol. The first kappa shape index (κ1) is 27.7. The van der Waals surface area contributed by atoms with Crippen LogP contribution < -0.4 is 24.8 Å². The number of urea groups is 1. The first-order valence-corrected chi connectivity index (χ1v) is 14.4. The van der Waals surface area contributed by atoms with Crippen molar-refractivity contribution in [3.63, 3.8) is 0 Å². The fourth-order valence-electron chi connectivity index (χ4n) is 3.43. The lowest BCUT2D eigenvalue weighted by Gasteiger charge is -2.14. The van der Waals surface area contributed by atoms with Crippen LogP contribution in [0.4, 0.5) is 10.5 Å². The highest BCUT2D eigenvalue weighted by Crippen LogP contribution is 2.40.